The molecule has 1 N–H and O–H groups in total. The number of thiazole rings is 1. The number of aromatic carboxylic acids is 1. The third-order valence-corrected chi connectivity index (χ3v) is 3.96. The summed E-state index contributed by atoms with van der Waals surface area (Å²) in [6.45, 7) is 0. The molecule has 4 nitrogen and oxygen atoms in total. The average Bonchev–Trinajstić information content (AvgIpc) is 2.65. The zero-order valence-corrected chi connectivity index (χ0v) is 12.4. The Bertz CT molecular complexity index is 617. The van der Waals surface area contributed by atoms with Crippen molar-refractivity contribution < 1.29 is 14.6 Å². The van der Waals surface area contributed by atoms with Crippen LogP contribution in [0, 0.1) is 0 Å². The quantitative estimate of drug-likeness (QED) is 0.852. The Morgan fingerprint density at radius 2 is 2.17 bits per heavy atom. The first-order valence-corrected chi connectivity index (χ1v) is 6.86. The molecule has 1 aromatic carbocycles. The van der Waals surface area contributed by atoms with Crippen LogP contribution in [0.4, 0.5) is 0 Å². The molecule has 0 bridgehead atoms. The topological polar surface area (TPSA) is 59.4 Å². The standard InChI is InChI=1S/C10H4BrCl2NO3S/c11-4-1-2-5(12)6(3-4)17-10-14-8(13)7(18-10)9(15)16/h1-3H,(H,15,16). The number of aromatic nitrogens is 1. The van der Waals surface area contributed by atoms with E-state index in [1.807, 2.05) is 0 Å². The molecule has 0 aliphatic carbocycles. The Morgan fingerprint density at radius 3 is 2.78 bits per heavy atom. The number of carboxylic acid groups (broad SMARTS) is 1. The third kappa shape index (κ3) is 2.95. The van der Waals surface area contributed by atoms with Crippen molar-refractivity contribution in [3.8, 4) is 10.9 Å². The van der Waals surface area contributed by atoms with Gasteiger partial charge in [-0.05, 0) is 18.2 Å². The number of hydrogen-bond donors (Lipinski definition) is 1. The molecule has 0 aliphatic heterocycles. The molecule has 2 rings (SSSR count). The number of carboxylic acids is 1. The number of rotatable bonds is 3. The lowest BCUT2D eigenvalue weighted by molar-refractivity contribution is 0.0702. The number of carbonyl (C=O) groups is 1. The molecule has 0 amide bonds. The molecule has 0 atom stereocenters. The summed E-state index contributed by atoms with van der Waals surface area (Å²) >= 11 is 15.7. The van der Waals surface area contributed by atoms with Crippen LogP contribution in [0.3, 0.4) is 0 Å². The maximum atomic E-state index is 10.8. The highest BCUT2D eigenvalue weighted by atomic mass is 79.9. The van der Waals surface area contributed by atoms with Gasteiger partial charge in [0.15, 0.2) is 10.0 Å². The van der Waals surface area contributed by atoms with Gasteiger partial charge in [-0.2, -0.15) is 4.98 Å². The largest absolute Gasteiger partial charge is 0.477 e. The van der Waals surface area contributed by atoms with Crippen LogP contribution in [0.1, 0.15) is 9.67 Å². The van der Waals surface area contributed by atoms with Crippen molar-refractivity contribution in [2.45, 2.75) is 0 Å². The van der Waals surface area contributed by atoms with Crippen LogP contribution >= 0.6 is 50.5 Å². The molecule has 0 unspecified atom stereocenters. The van der Waals surface area contributed by atoms with E-state index in [1.165, 1.54) is 0 Å². The van der Waals surface area contributed by atoms with Gasteiger partial charge in [0.25, 0.3) is 5.19 Å². The van der Waals surface area contributed by atoms with Gasteiger partial charge in [0.2, 0.25) is 0 Å². The van der Waals surface area contributed by atoms with Gasteiger partial charge < -0.3 is 9.84 Å². The minimum atomic E-state index is -1.15. The Morgan fingerprint density at radius 1 is 1.44 bits per heavy atom. The number of ether oxygens (including phenoxy) is 1. The predicted molar refractivity (Wildman–Crippen MR) is 73.3 cm³/mol. The van der Waals surface area contributed by atoms with Gasteiger partial charge in [-0.25, -0.2) is 4.79 Å². The molecule has 0 saturated carbocycles. The van der Waals surface area contributed by atoms with Gasteiger partial charge in [0.1, 0.15) is 5.75 Å². The molecule has 0 saturated heterocycles. The highest BCUT2D eigenvalue weighted by Gasteiger charge is 2.17. The van der Waals surface area contributed by atoms with Gasteiger partial charge in [-0.3, -0.25) is 0 Å². The van der Waals surface area contributed by atoms with E-state index in [4.69, 9.17) is 33.0 Å². The Labute approximate surface area is 124 Å². The molecule has 0 spiro atoms. The first kappa shape index (κ1) is 13.6. The van der Waals surface area contributed by atoms with E-state index in [0.717, 1.165) is 15.8 Å². The van der Waals surface area contributed by atoms with E-state index in [2.05, 4.69) is 20.9 Å². The molecule has 1 heterocycles. The second kappa shape index (κ2) is 5.44. The summed E-state index contributed by atoms with van der Waals surface area (Å²) in [5, 5.41) is 9.25. The van der Waals surface area contributed by atoms with E-state index >= 15 is 0 Å². The molecule has 2 aromatic rings. The van der Waals surface area contributed by atoms with Gasteiger partial charge in [-0.15, -0.1) is 0 Å². The van der Waals surface area contributed by atoms with Crippen LogP contribution in [0.15, 0.2) is 22.7 Å². The average molecular weight is 369 g/mol. The minimum Gasteiger partial charge on any atom is -0.477 e. The Hall–Kier alpha value is -0.820. The highest BCUT2D eigenvalue weighted by molar-refractivity contribution is 9.10. The SMILES string of the molecule is O=C(O)c1sc(Oc2cc(Br)ccc2Cl)nc1Cl. The van der Waals surface area contributed by atoms with Crippen molar-refractivity contribution in [2.24, 2.45) is 0 Å². The van der Waals surface area contributed by atoms with E-state index < -0.39 is 5.97 Å². The van der Waals surface area contributed by atoms with Crippen LogP contribution in [0.5, 0.6) is 10.9 Å². The maximum absolute atomic E-state index is 10.8. The van der Waals surface area contributed by atoms with Gasteiger partial charge >= 0.3 is 5.97 Å². The minimum absolute atomic E-state index is 0.0715. The highest BCUT2D eigenvalue weighted by Crippen LogP contribution is 2.36. The zero-order valence-electron chi connectivity index (χ0n) is 8.49. The van der Waals surface area contributed by atoms with Crippen molar-refractivity contribution in [3.05, 3.63) is 37.7 Å². The second-order valence-corrected chi connectivity index (χ2v) is 5.72. The summed E-state index contributed by atoms with van der Waals surface area (Å²) in [5.41, 5.74) is 0. The first-order valence-electron chi connectivity index (χ1n) is 4.50. The lowest BCUT2D eigenvalue weighted by atomic mass is 10.3. The molecule has 1 aromatic heterocycles. The van der Waals surface area contributed by atoms with Crippen LogP contribution in [-0.2, 0) is 0 Å². The van der Waals surface area contributed by atoms with Crippen LogP contribution < -0.4 is 4.74 Å². The number of hydrogen-bond acceptors (Lipinski definition) is 4. The lowest BCUT2D eigenvalue weighted by Crippen LogP contribution is -1.91. The lowest BCUT2D eigenvalue weighted by Gasteiger charge is -2.03. The predicted octanol–water partition coefficient (Wildman–Crippen LogP) is 4.70. The molecule has 94 valence electrons. The monoisotopic (exact) mass is 367 g/mol. The summed E-state index contributed by atoms with van der Waals surface area (Å²) < 4.78 is 6.18. The maximum Gasteiger partial charge on any atom is 0.349 e. The van der Waals surface area contributed by atoms with E-state index in [0.29, 0.717) is 10.8 Å². The fourth-order valence-electron chi connectivity index (χ4n) is 1.11. The number of benzene rings is 1. The fraction of sp³-hybridized carbons (Fsp3) is 0. The Kier molecular flexibility index (Phi) is 4.11. The molecule has 0 aliphatic rings. The van der Waals surface area contributed by atoms with Gasteiger partial charge in [-0.1, -0.05) is 50.5 Å². The summed E-state index contributed by atoms with van der Waals surface area (Å²) in [5.74, 6) is -0.777. The molecule has 0 radical (unpaired) electrons. The summed E-state index contributed by atoms with van der Waals surface area (Å²) in [6, 6.07) is 5.05. The van der Waals surface area contributed by atoms with Crippen LogP contribution in [0.2, 0.25) is 10.2 Å². The second-order valence-electron chi connectivity index (χ2n) is 3.08. The normalized spacial score (nSPS) is 10.4. The van der Waals surface area contributed by atoms with Gasteiger partial charge in [0.05, 0.1) is 5.02 Å². The third-order valence-electron chi connectivity index (χ3n) is 1.85. The van der Waals surface area contributed by atoms with E-state index in [9.17, 15) is 4.79 Å². The molecule has 18 heavy (non-hydrogen) atoms. The van der Waals surface area contributed by atoms with Crippen LogP contribution in [0.25, 0.3) is 0 Å². The molecule has 0 fully saturated rings. The Balaban J connectivity index is 2.31. The van der Waals surface area contributed by atoms with Crippen molar-refractivity contribution >= 4 is 56.4 Å². The van der Waals surface area contributed by atoms with Crippen molar-refractivity contribution in [2.75, 3.05) is 0 Å². The summed E-state index contributed by atoms with van der Waals surface area (Å²) in [4.78, 5) is 14.5. The summed E-state index contributed by atoms with van der Waals surface area (Å²) in [6.07, 6.45) is 0. The van der Waals surface area contributed by atoms with Crippen molar-refractivity contribution in [1.82, 2.24) is 4.98 Å². The van der Waals surface area contributed by atoms with E-state index in [-0.39, 0.29) is 15.2 Å². The van der Waals surface area contributed by atoms with Crippen molar-refractivity contribution in [3.63, 3.8) is 0 Å². The van der Waals surface area contributed by atoms with E-state index in [1.54, 1.807) is 18.2 Å². The number of halogens is 3. The fourth-order valence-corrected chi connectivity index (χ4v) is 2.59. The molecular weight excluding hydrogens is 365 g/mol. The first-order chi connectivity index (χ1) is 8.47. The number of nitrogens with zero attached hydrogens (tertiary/aromatic N) is 1. The zero-order chi connectivity index (χ0) is 13.3. The van der Waals surface area contributed by atoms with Crippen LogP contribution in [-0.4, -0.2) is 16.1 Å². The van der Waals surface area contributed by atoms with Gasteiger partial charge in [0, 0.05) is 4.47 Å². The molecule has 8 heteroatoms. The van der Waals surface area contributed by atoms with Crippen molar-refractivity contribution in [1.29, 1.82) is 0 Å². The smallest absolute Gasteiger partial charge is 0.349 e. The molecular formula is C10H4BrCl2NO3S. The summed E-state index contributed by atoms with van der Waals surface area (Å²) in [7, 11) is 0.